The number of anilines is 1. The highest BCUT2D eigenvalue weighted by Gasteiger charge is 2.31. The van der Waals surface area contributed by atoms with Gasteiger partial charge in [-0.15, -0.1) is 0 Å². The van der Waals surface area contributed by atoms with Crippen LogP contribution < -0.4 is 5.73 Å². The Morgan fingerprint density at radius 2 is 2.10 bits per heavy atom. The van der Waals surface area contributed by atoms with Crippen LogP contribution in [0.4, 0.5) is 11.4 Å². The fourth-order valence-electron chi connectivity index (χ4n) is 2.87. The first-order valence-corrected chi connectivity index (χ1v) is 7.01. The van der Waals surface area contributed by atoms with E-state index in [0.29, 0.717) is 0 Å². The number of nitro benzene ring substituents is 1. The van der Waals surface area contributed by atoms with E-state index in [1.807, 2.05) is 0 Å². The maximum Gasteiger partial charge on any atom is 0.304 e. The minimum Gasteiger partial charge on any atom is -0.395 e. The van der Waals surface area contributed by atoms with Gasteiger partial charge in [-0.1, -0.05) is 18.9 Å². The van der Waals surface area contributed by atoms with Crippen molar-refractivity contribution in [3.05, 3.63) is 33.9 Å². The lowest BCUT2D eigenvalue weighted by atomic mass is 10.1. The maximum atomic E-state index is 12.7. The lowest BCUT2D eigenvalue weighted by Crippen LogP contribution is -2.41. The van der Waals surface area contributed by atoms with Crippen LogP contribution in [-0.4, -0.2) is 40.0 Å². The molecule has 1 aromatic rings. The van der Waals surface area contributed by atoms with Crippen LogP contribution >= 0.6 is 0 Å². The third-order valence-corrected chi connectivity index (χ3v) is 3.85. The summed E-state index contributed by atoms with van der Waals surface area (Å²) < 4.78 is 0. The molecule has 0 spiro atoms. The number of para-hydroxylation sites is 1. The molecule has 0 bridgehead atoms. The van der Waals surface area contributed by atoms with Crippen molar-refractivity contribution in [3.63, 3.8) is 0 Å². The minimum absolute atomic E-state index is 0.0136. The Balaban J connectivity index is 2.36. The van der Waals surface area contributed by atoms with Crippen molar-refractivity contribution in [1.82, 2.24) is 4.90 Å². The summed E-state index contributed by atoms with van der Waals surface area (Å²) in [6.07, 6.45) is 3.78. The summed E-state index contributed by atoms with van der Waals surface area (Å²) in [5.74, 6) is -0.435. The highest BCUT2D eigenvalue weighted by molar-refractivity contribution is 6.00. The van der Waals surface area contributed by atoms with E-state index in [9.17, 15) is 20.0 Å². The van der Waals surface area contributed by atoms with E-state index in [2.05, 4.69) is 0 Å². The summed E-state index contributed by atoms with van der Waals surface area (Å²) in [5, 5.41) is 20.3. The molecule has 0 aromatic heterocycles. The van der Waals surface area contributed by atoms with E-state index in [0.717, 1.165) is 25.7 Å². The molecule has 1 saturated carbocycles. The van der Waals surface area contributed by atoms with Gasteiger partial charge in [0.15, 0.2) is 0 Å². The first kappa shape index (κ1) is 15.2. The molecule has 0 unspecified atom stereocenters. The molecule has 0 heterocycles. The van der Waals surface area contributed by atoms with Gasteiger partial charge in [-0.05, 0) is 25.0 Å². The van der Waals surface area contributed by atoms with Gasteiger partial charge in [0.1, 0.15) is 11.3 Å². The molecule has 1 aliphatic rings. The Kier molecular flexibility index (Phi) is 4.74. The van der Waals surface area contributed by atoms with Crippen LogP contribution in [0.3, 0.4) is 0 Å². The summed E-state index contributed by atoms with van der Waals surface area (Å²) >= 11 is 0. The van der Waals surface area contributed by atoms with Gasteiger partial charge in [-0.2, -0.15) is 0 Å². The van der Waals surface area contributed by atoms with Crippen LogP contribution in [0.1, 0.15) is 36.0 Å². The monoisotopic (exact) mass is 293 g/mol. The van der Waals surface area contributed by atoms with Gasteiger partial charge >= 0.3 is 5.69 Å². The summed E-state index contributed by atoms with van der Waals surface area (Å²) in [6, 6.07) is 4.38. The van der Waals surface area contributed by atoms with Crippen LogP contribution in [0, 0.1) is 10.1 Å². The molecule has 0 atom stereocenters. The molecule has 3 N–H and O–H groups in total. The smallest absolute Gasteiger partial charge is 0.304 e. The highest BCUT2D eigenvalue weighted by atomic mass is 16.6. The fourth-order valence-corrected chi connectivity index (χ4v) is 2.87. The van der Waals surface area contributed by atoms with Crippen LogP contribution in [0.2, 0.25) is 0 Å². The molecule has 1 amide bonds. The Morgan fingerprint density at radius 3 is 2.67 bits per heavy atom. The van der Waals surface area contributed by atoms with Crippen molar-refractivity contribution in [2.75, 3.05) is 18.9 Å². The number of hydrogen-bond donors (Lipinski definition) is 2. The predicted octanol–water partition coefficient (Wildman–Crippen LogP) is 1.55. The Bertz CT molecular complexity index is 541. The third kappa shape index (κ3) is 3.13. The first-order valence-electron chi connectivity index (χ1n) is 7.01. The number of rotatable bonds is 5. The molecule has 21 heavy (non-hydrogen) atoms. The van der Waals surface area contributed by atoms with E-state index >= 15 is 0 Å². The average Bonchev–Trinajstić information content (AvgIpc) is 2.97. The molecule has 0 radical (unpaired) electrons. The lowest BCUT2D eigenvalue weighted by molar-refractivity contribution is -0.384. The van der Waals surface area contributed by atoms with Crippen LogP contribution in [0.25, 0.3) is 0 Å². The van der Waals surface area contributed by atoms with E-state index in [1.54, 1.807) is 0 Å². The number of hydrogen-bond acceptors (Lipinski definition) is 5. The van der Waals surface area contributed by atoms with Crippen molar-refractivity contribution in [1.29, 1.82) is 0 Å². The largest absolute Gasteiger partial charge is 0.395 e. The zero-order valence-corrected chi connectivity index (χ0v) is 11.7. The molecule has 114 valence electrons. The van der Waals surface area contributed by atoms with Crippen molar-refractivity contribution in [3.8, 4) is 0 Å². The first-order chi connectivity index (χ1) is 10.1. The molecule has 0 saturated heterocycles. The number of carbonyl (C=O) groups excluding carboxylic acids is 1. The average molecular weight is 293 g/mol. The number of carbonyl (C=O) groups is 1. The van der Waals surface area contributed by atoms with Crippen LogP contribution in [0.5, 0.6) is 0 Å². The molecular weight excluding hydrogens is 274 g/mol. The molecule has 1 aromatic carbocycles. The van der Waals surface area contributed by atoms with Gasteiger partial charge in [0.05, 0.1) is 11.5 Å². The van der Waals surface area contributed by atoms with Crippen molar-refractivity contribution in [2.45, 2.75) is 31.7 Å². The second-order valence-electron chi connectivity index (χ2n) is 5.16. The SMILES string of the molecule is Nc1cccc(C(=O)N(CCO)C2CCCC2)c1[N+](=O)[O-]. The maximum absolute atomic E-state index is 12.7. The Hall–Kier alpha value is -2.15. The quantitative estimate of drug-likeness (QED) is 0.486. The number of aliphatic hydroxyl groups is 1. The number of nitrogens with zero attached hydrogens (tertiary/aromatic N) is 2. The van der Waals surface area contributed by atoms with E-state index < -0.39 is 10.8 Å². The predicted molar refractivity (Wildman–Crippen MR) is 77.9 cm³/mol. The minimum atomic E-state index is -0.631. The molecular formula is C14H19N3O4. The number of nitrogens with two attached hydrogens (primary N) is 1. The summed E-state index contributed by atoms with van der Waals surface area (Å²) in [7, 11) is 0. The molecule has 7 nitrogen and oxygen atoms in total. The Labute approximate surface area is 122 Å². The summed E-state index contributed by atoms with van der Waals surface area (Å²) in [4.78, 5) is 24.7. The van der Waals surface area contributed by atoms with E-state index in [4.69, 9.17) is 5.73 Å². The number of nitrogen functional groups attached to an aromatic ring is 1. The van der Waals surface area contributed by atoms with Crippen molar-refractivity contribution >= 4 is 17.3 Å². The molecule has 1 aliphatic carbocycles. The number of aliphatic hydroxyl groups excluding tert-OH is 1. The summed E-state index contributed by atoms with van der Waals surface area (Å²) in [5.41, 5.74) is 5.23. The number of amides is 1. The second-order valence-corrected chi connectivity index (χ2v) is 5.16. The van der Waals surface area contributed by atoms with Crippen molar-refractivity contribution in [2.24, 2.45) is 0 Å². The van der Waals surface area contributed by atoms with E-state index in [1.165, 1.54) is 23.1 Å². The fraction of sp³-hybridized carbons (Fsp3) is 0.500. The molecule has 1 fully saturated rings. The van der Waals surface area contributed by atoms with Gasteiger partial charge < -0.3 is 15.7 Å². The van der Waals surface area contributed by atoms with Crippen LogP contribution in [0.15, 0.2) is 18.2 Å². The van der Waals surface area contributed by atoms with Gasteiger partial charge in [0.25, 0.3) is 5.91 Å². The molecule has 2 rings (SSSR count). The topological polar surface area (TPSA) is 110 Å². The summed E-state index contributed by atoms with van der Waals surface area (Å²) in [6.45, 7) is 0.00774. The third-order valence-electron chi connectivity index (χ3n) is 3.85. The van der Waals surface area contributed by atoms with Crippen LogP contribution in [-0.2, 0) is 0 Å². The van der Waals surface area contributed by atoms with Crippen molar-refractivity contribution < 1.29 is 14.8 Å². The Morgan fingerprint density at radius 1 is 1.43 bits per heavy atom. The standard InChI is InChI=1S/C14H19N3O4/c15-12-7-3-6-11(13(12)17(20)21)14(19)16(8-9-18)10-4-1-2-5-10/h3,6-7,10,18H,1-2,4-5,8-9,15H2. The van der Waals surface area contributed by atoms with Gasteiger partial charge in [0, 0.05) is 12.6 Å². The van der Waals surface area contributed by atoms with Gasteiger partial charge in [0.2, 0.25) is 0 Å². The normalized spacial score (nSPS) is 15.1. The molecule has 0 aliphatic heterocycles. The zero-order chi connectivity index (χ0) is 15.4. The highest BCUT2D eigenvalue weighted by Crippen LogP contribution is 2.30. The molecule has 7 heteroatoms. The lowest BCUT2D eigenvalue weighted by Gasteiger charge is -2.28. The second kappa shape index (κ2) is 6.53. The number of benzene rings is 1. The zero-order valence-electron chi connectivity index (χ0n) is 11.7. The van der Waals surface area contributed by atoms with E-state index in [-0.39, 0.29) is 36.1 Å². The van der Waals surface area contributed by atoms with Gasteiger partial charge in [-0.25, -0.2) is 0 Å². The van der Waals surface area contributed by atoms with Gasteiger partial charge in [-0.3, -0.25) is 14.9 Å². The number of nitro groups is 1.